The van der Waals surface area contributed by atoms with Crippen LogP contribution < -0.4 is 11.2 Å². The first-order chi connectivity index (χ1) is 8.95. The zero-order valence-corrected chi connectivity index (χ0v) is 11.0. The van der Waals surface area contributed by atoms with Crippen LogP contribution in [0.1, 0.15) is 18.3 Å². The molecule has 8 nitrogen and oxygen atoms in total. The third-order valence-corrected chi connectivity index (χ3v) is 3.10. The molecular formula is C10H14N4O4S. The summed E-state index contributed by atoms with van der Waals surface area (Å²) in [6, 6.07) is 0. The van der Waals surface area contributed by atoms with Crippen LogP contribution in [-0.2, 0) is 7.05 Å². The van der Waals surface area contributed by atoms with Gasteiger partial charge in [-0.05, 0) is 12.2 Å². The van der Waals surface area contributed by atoms with Crippen molar-refractivity contribution in [2.24, 2.45) is 7.05 Å². The van der Waals surface area contributed by atoms with Crippen molar-refractivity contribution in [1.82, 2.24) is 19.5 Å². The lowest BCUT2D eigenvalue weighted by molar-refractivity contribution is 0.0126. The summed E-state index contributed by atoms with van der Waals surface area (Å²) in [7, 11) is 1.45. The number of thiol groups is 1. The molecule has 2 aromatic rings. The third-order valence-electron chi connectivity index (χ3n) is 2.84. The van der Waals surface area contributed by atoms with Crippen LogP contribution in [0.3, 0.4) is 0 Å². The first-order valence-electron chi connectivity index (χ1n) is 5.61. The number of nitrogens with zero attached hydrogens (tertiary/aromatic N) is 2. The van der Waals surface area contributed by atoms with Crippen LogP contribution in [0.4, 0.5) is 0 Å². The van der Waals surface area contributed by atoms with Crippen LogP contribution in [0.25, 0.3) is 11.2 Å². The number of hydrogen-bond donors (Lipinski definition) is 5. The van der Waals surface area contributed by atoms with Gasteiger partial charge < -0.3 is 15.2 Å². The highest BCUT2D eigenvalue weighted by Crippen LogP contribution is 2.18. The number of nitrogens with one attached hydrogen (secondary N) is 2. The van der Waals surface area contributed by atoms with Gasteiger partial charge in [0.05, 0.1) is 6.10 Å². The van der Waals surface area contributed by atoms with Gasteiger partial charge in [0.2, 0.25) is 0 Å². The molecule has 2 rings (SSSR count). The molecule has 0 aliphatic heterocycles. The van der Waals surface area contributed by atoms with Gasteiger partial charge in [-0.2, -0.15) is 12.6 Å². The van der Waals surface area contributed by atoms with Gasteiger partial charge in [0.1, 0.15) is 17.4 Å². The standard InChI is InChI=1S/C10H14N4O4S/c1-14-8-5(9(17)13-10(14)18)11-7(12-8)6(16)4(15)2-3-19/h4,6,15-16,19H,2-3H2,1H3,(H,11,12)(H,13,17,18). The molecule has 0 saturated carbocycles. The van der Waals surface area contributed by atoms with Gasteiger partial charge in [-0.15, -0.1) is 0 Å². The second kappa shape index (κ2) is 5.19. The molecule has 4 N–H and O–H groups in total. The fraction of sp³-hybridized carbons (Fsp3) is 0.500. The summed E-state index contributed by atoms with van der Waals surface area (Å²) in [4.78, 5) is 31.7. The van der Waals surface area contributed by atoms with Gasteiger partial charge in [-0.25, -0.2) is 9.78 Å². The quantitative estimate of drug-likeness (QED) is 0.445. The van der Waals surface area contributed by atoms with E-state index in [2.05, 4.69) is 27.6 Å². The maximum Gasteiger partial charge on any atom is 0.329 e. The molecule has 2 aromatic heterocycles. The molecule has 0 saturated heterocycles. The van der Waals surface area contributed by atoms with E-state index in [0.29, 0.717) is 5.75 Å². The fourth-order valence-corrected chi connectivity index (χ4v) is 2.00. The second-order valence-corrected chi connectivity index (χ2v) is 4.61. The zero-order chi connectivity index (χ0) is 14.2. The molecule has 2 heterocycles. The summed E-state index contributed by atoms with van der Waals surface area (Å²) >= 11 is 3.96. The Balaban J connectivity index is 2.53. The van der Waals surface area contributed by atoms with E-state index in [1.165, 1.54) is 7.05 Å². The number of aromatic amines is 2. The Morgan fingerprint density at radius 3 is 2.68 bits per heavy atom. The summed E-state index contributed by atoms with van der Waals surface area (Å²) in [6.45, 7) is 0. The van der Waals surface area contributed by atoms with Crippen molar-refractivity contribution in [2.45, 2.75) is 18.6 Å². The number of fused-ring (bicyclic) bond motifs is 1. The number of rotatable bonds is 4. The molecule has 9 heteroatoms. The molecule has 0 aliphatic rings. The van der Waals surface area contributed by atoms with E-state index in [-0.39, 0.29) is 23.4 Å². The molecular weight excluding hydrogens is 272 g/mol. The van der Waals surface area contributed by atoms with E-state index in [1.54, 1.807) is 0 Å². The van der Waals surface area contributed by atoms with Gasteiger partial charge in [0.25, 0.3) is 5.56 Å². The minimum absolute atomic E-state index is 0.0379. The second-order valence-electron chi connectivity index (χ2n) is 4.16. The van der Waals surface area contributed by atoms with Gasteiger partial charge >= 0.3 is 5.69 Å². The lowest BCUT2D eigenvalue weighted by Crippen LogP contribution is -2.28. The largest absolute Gasteiger partial charge is 0.390 e. The fourth-order valence-electron chi connectivity index (χ4n) is 1.74. The summed E-state index contributed by atoms with van der Waals surface area (Å²) in [5, 5.41) is 19.6. The van der Waals surface area contributed by atoms with E-state index in [0.717, 1.165) is 4.57 Å². The van der Waals surface area contributed by atoms with E-state index in [1.807, 2.05) is 0 Å². The number of imidazole rings is 1. The van der Waals surface area contributed by atoms with E-state index < -0.39 is 23.5 Å². The molecule has 104 valence electrons. The molecule has 0 amide bonds. The van der Waals surface area contributed by atoms with Crippen LogP contribution >= 0.6 is 12.6 Å². The van der Waals surface area contributed by atoms with Gasteiger partial charge in [-0.3, -0.25) is 14.3 Å². The molecule has 0 fully saturated rings. The molecule has 0 aliphatic carbocycles. The Bertz CT molecular complexity index is 704. The lowest BCUT2D eigenvalue weighted by Gasteiger charge is -2.14. The minimum Gasteiger partial charge on any atom is -0.390 e. The summed E-state index contributed by atoms with van der Waals surface area (Å²) in [5.41, 5.74) is -1.01. The molecule has 19 heavy (non-hydrogen) atoms. The van der Waals surface area contributed by atoms with Crippen molar-refractivity contribution in [3.8, 4) is 0 Å². The van der Waals surface area contributed by atoms with Gasteiger partial charge in [-0.1, -0.05) is 0 Å². The summed E-state index contributed by atoms with van der Waals surface area (Å²) < 4.78 is 1.15. The van der Waals surface area contributed by atoms with Crippen LogP contribution in [0.5, 0.6) is 0 Å². The van der Waals surface area contributed by atoms with E-state index in [4.69, 9.17) is 0 Å². The summed E-state index contributed by atoms with van der Waals surface area (Å²) in [5.74, 6) is 0.438. The molecule has 0 radical (unpaired) electrons. The van der Waals surface area contributed by atoms with E-state index >= 15 is 0 Å². The van der Waals surface area contributed by atoms with Crippen LogP contribution in [0, 0.1) is 0 Å². The van der Waals surface area contributed by atoms with E-state index in [9.17, 15) is 19.8 Å². The lowest BCUT2D eigenvalue weighted by atomic mass is 10.1. The highest BCUT2D eigenvalue weighted by Gasteiger charge is 2.22. The molecule has 2 atom stereocenters. The first-order valence-corrected chi connectivity index (χ1v) is 6.25. The van der Waals surface area contributed by atoms with Crippen LogP contribution in [0.2, 0.25) is 0 Å². The number of hydrogen-bond acceptors (Lipinski definition) is 6. The van der Waals surface area contributed by atoms with Crippen molar-refractivity contribution in [3.05, 3.63) is 26.7 Å². The van der Waals surface area contributed by atoms with Crippen molar-refractivity contribution in [3.63, 3.8) is 0 Å². The highest BCUT2D eigenvalue weighted by atomic mass is 32.1. The Labute approximate surface area is 112 Å². The van der Waals surface area contributed by atoms with Gasteiger partial charge in [0, 0.05) is 7.05 Å². The topological polar surface area (TPSA) is 124 Å². The molecule has 0 spiro atoms. The average Bonchev–Trinajstić information content (AvgIpc) is 2.81. The normalized spacial score (nSPS) is 14.7. The summed E-state index contributed by atoms with van der Waals surface area (Å²) in [6.07, 6.45) is -2.04. The first kappa shape index (κ1) is 13.8. The van der Waals surface area contributed by atoms with Crippen molar-refractivity contribution < 1.29 is 10.2 Å². The number of H-pyrrole nitrogens is 2. The van der Waals surface area contributed by atoms with Crippen molar-refractivity contribution in [1.29, 1.82) is 0 Å². The van der Waals surface area contributed by atoms with Crippen LogP contribution in [-0.4, -0.2) is 41.6 Å². The maximum absolute atomic E-state index is 11.6. The number of aliphatic hydroxyl groups excluding tert-OH is 2. The Hall–Kier alpha value is -1.58. The Kier molecular flexibility index (Phi) is 3.78. The van der Waals surface area contributed by atoms with Crippen molar-refractivity contribution in [2.75, 3.05) is 5.75 Å². The van der Waals surface area contributed by atoms with Gasteiger partial charge in [0.15, 0.2) is 5.65 Å². The monoisotopic (exact) mass is 286 g/mol. The maximum atomic E-state index is 11.6. The Morgan fingerprint density at radius 2 is 2.05 bits per heavy atom. The predicted octanol–water partition coefficient (Wildman–Crippen LogP) is -1.34. The van der Waals surface area contributed by atoms with Crippen molar-refractivity contribution >= 4 is 23.8 Å². The number of aryl methyl sites for hydroxylation is 1. The Morgan fingerprint density at radius 1 is 1.37 bits per heavy atom. The zero-order valence-electron chi connectivity index (χ0n) is 10.1. The molecule has 0 aromatic carbocycles. The molecule has 0 bridgehead atoms. The average molecular weight is 286 g/mol. The van der Waals surface area contributed by atoms with Crippen LogP contribution in [0.15, 0.2) is 9.59 Å². The molecule has 2 unspecified atom stereocenters. The SMILES string of the molecule is Cn1c(=O)[nH]c(=O)c2[nH]c(C(O)C(O)CCS)nc21. The minimum atomic E-state index is -1.27. The smallest absolute Gasteiger partial charge is 0.329 e. The number of aliphatic hydroxyl groups is 2. The highest BCUT2D eigenvalue weighted by molar-refractivity contribution is 7.80. The predicted molar refractivity (Wildman–Crippen MR) is 71.4 cm³/mol. The third kappa shape index (κ3) is 2.44. The number of aromatic nitrogens is 4.